The summed E-state index contributed by atoms with van der Waals surface area (Å²) in [6.07, 6.45) is 1.03. The van der Waals surface area contributed by atoms with Gasteiger partial charge in [0.1, 0.15) is 6.20 Å². The smallest absolute Gasteiger partial charge is 0.349 e. The van der Waals surface area contributed by atoms with E-state index in [1.165, 1.54) is 0 Å². The largest absolute Gasteiger partial charge is 0.473 e. The number of ether oxygens (including phenoxy) is 1. The van der Waals surface area contributed by atoms with Crippen LogP contribution in [0.25, 0.3) is 0 Å². The molecule has 0 fully saturated rings. The summed E-state index contributed by atoms with van der Waals surface area (Å²) in [7, 11) is 0. The Morgan fingerprint density at radius 1 is 1.79 bits per heavy atom. The van der Waals surface area contributed by atoms with Crippen LogP contribution in [-0.2, 0) is 0 Å². The van der Waals surface area contributed by atoms with Crippen molar-refractivity contribution in [3.8, 4) is 5.88 Å². The van der Waals surface area contributed by atoms with E-state index in [2.05, 4.69) is 15.4 Å². The molecular formula is C6H9N5O3. The minimum absolute atomic E-state index is 0.0686. The number of hydrogen-bond acceptors (Lipinski definition) is 7. The summed E-state index contributed by atoms with van der Waals surface area (Å²) in [5.41, 5.74) is 1.88. The first kappa shape index (κ1) is 10.1. The molecule has 14 heavy (non-hydrogen) atoms. The van der Waals surface area contributed by atoms with Crippen LogP contribution in [0.2, 0.25) is 0 Å². The van der Waals surface area contributed by atoms with Gasteiger partial charge in [-0.3, -0.25) is 15.5 Å². The SMILES string of the molecule is CCOc1nc(NN)ncc1[N+](=O)[O-]. The van der Waals surface area contributed by atoms with Crippen molar-refractivity contribution in [1.29, 1.82) is 0 Å². The van der Waals surface area contributed by atoms with Gasteiger partial charge >= 0.3 is 5.69 Å². The van der Waals surface area contributed by atoms with Gasteiger partial charge in [0.25, 0.3) is 5.88 Å². The van der Waals surface area contributed by atoms with Crippen LogP contribution in [-0.4, -0.2) is 21.5 Å². The first-order chi connectivity index (χ1) is 6.69. The Hall–Kier alpha value is -1.96. The Bertz CT molecular complexity index is 342. The first-order valence-electron chi connectivity index (χ1n) is 3.80. The summed E-state index contributed by atoms with van der Waals surface area (Å²) < 4.78 is 4.95. The van der Waals surface area contributed by atoms with Crippen LogP contribution < -0.4 is 16.0 Å². The van der Waals surface area contributed by atoms with E-state index in [0.29, 0.717) is 0 Å². The molecule has 3 N–H and O–H groups in total. The van der Waals surface area contributed by atoms with Gasteiger partial charge in [-0.2, -0.15) is 4.98 Å². The fraction of sp³-hybridized carbons (Fsp3) is 0.333. The van der Waals surface area contributed by atoms with Crippen molar-refractivity contribution in [1.82, 2.24) is 9.97 Å². The number of anilines is 1. The lowest BCUT2D eigenvalue weighted by molar-refractivity contribution is -0.386. The number of aromatic nitrogens is 2. The molecule has 1 aromatic rings. The van der Waals surface area contributed by atoms with Crippen LogP contribution in [0.1, 0.15) is 6.92 Å². The van der Waals surface area contributed by atoms with E-state index < -0.39 is 4.92 Å². The van der Waals surface area contributed by atoms with Crippen molar-refractivity contribution in [2.75, 3.05) is 12.0 Å². The molecule has 0 aromatic carbocycles. The van der Waals surface area contributed by atoms with Crippen molar-refractivity contribution < 1.29 is 9.66 Å². The molecule has 1 aromatic heterocycles. The van der Waals surface area contributed by atoms with Crippen LogP contribution in [0.15, 0.2) is 6.20 Å². The van der Waals surface area contributed by atoms with E-state index in [4.69, 9.17) is 10.6 Å². The number of nitrogens with zero attached hydrogens (tertiary/aromatic N) is 3. The van der Waals surface area contributed by atoms with Crippen LogP contribution >= 0.6 is 0 Å². The lowest BCUT2D eigenvalue weighted by Crippen LogP contribution is -2.11. The highest BCUT2D eigenvalue weighted by Crippen LogP contribution is 2.23. The fourth-order valence-electron chi connectivity index (χ4n) is 0.798. The van der Waals surface area contributed by atoms with Gasteiger partial charge in [-0.15, -0.1) is 0 Å². The Morgan fingerprint density at radius 3 is 3.00 bits per heavy atom. The van der Waals surface area contributed by atoms with Gasteiger partial charge in [0.15, 0.2) is 0 Å². The zero-order chi connectivity index (χ0) is 10.6. The van der Waals surface area contributed by atoms with Gasteiger partial charge < -0.3 is 4.74 Å². The average molecular weight is 199 g/mol. The molecule has 0 bridgehead atoms. The van der Waals surface area contributed by atoms with Crippen LogP contribution in [0.4, 0.5) is 11.6 Å². The number of hydrazine groups is 1. The predicted molar refractivity (Wildman–Crippen MR) is 47.7 cm³/mol. The van der Waals surface area contributed by atoms with Gasteiger partial charge in [-0.1, -0.05) is 0 Å². The van der Waals surface area contributed by atoms with Crippen molar-refractivity contribution in [2.24, 2.45) is 5.84 Å². The second-order valence-corrected chi connectivity index (χ2v) is 2.22. The summed E-state index contributed by atoms with van der Waals surface area (Å²) in [5.74, 6) is 5.01. The quantitative estimate of drug-likeness (QED) is 0.400. The molecule has 0 radical (unpaired) electrons. The highest BCUT2D eigenvalue weighted by Gasteiger charge is 2.17. The Morgan fingerprint density at radius 2 is 2.50 bits per heavy atom. The maximum atomic E-state index is 10.5. The molecule has 0 amide bonds. The third-order valence-electron chi connectivity index (χ3n) is 1.34. The molecule has 76 valence electrons. The molecule has 0 atom stereocenters. The van der Waals surface area contributed by atoms with Gasteiger partial charge in [-0.25, -0.2) is 10.8 Å². The maximum absolute atomic E-state index is 10.5. The van der Waals surface area contributed by atoms with Crippen LogP contribution in [0.5, 0.6) is 5.88 Å². The molecule has 1 rings (SSSR count). The number of nitrogens with one attached hydrogen (secondary N) is 1. The number of hydrogen-bond donors (Lipinski definition) is 2. The Balaban J connectivity index is 3.10. The standard InChI is InChI=1S/C6H9N5O3/c1-2-14-5-4(11(12)13)3-8-6(9-5)10-7/h3H,2,7H2,1H3,(H,8,9,10). The Kier molecular flexibility index (Phi) is 3.13. The molecular weight excluding hydrogens is 190 g/mol. The van der Waals surface area contributed by atoms with E-state index in [-0.39, 0.29) is 24.1 Å². The predicted octanol–water partition coefficient (Wildman–Crippen LogP) is 0.0691. The lowest BCUT2D eigenvalue weighted by atomic mass is 10.5. The minimum Gasteiger partial charge on any atom is -0.473 e. The second kappa shape index (κ2) is 4.33. The van der Waals surface area contributed by atoms with Crippen molar-refractivity contribution in [2.45, 2.75) is 6.92 Å². The molecule has 8 heteroatoms. The van der Waals surface area contributed by atoms with Gasteiger partial charge in [-0.05, 0) is 6.92 Å². The van der Waals surface area contributed by atoms with Gasteiger partial charge in [0.2, 0.25) is 5.95 Å². The summed E-state index contributed by atoms with van der Waals surface area (Å²) >= 11 is 0. The van der Waals surface area contributed by atoms with Gasteiger partial charge in [0, 0.05) is 0 Å². The topological polar surface area (TPSA) is 116 Å². The van der Waals surface area contributed by atoms with Crippen LogP contribution in [0, 0.1) is 10.1 Å². The van der Waals surface area contributed by atoms with E-state index in [1.807, 2.05) is 0 Å². The number of nitro groups is 1. The molecule has 0 aliphatic heterocycles. The molecule has 0 saturated heterocycles. The Labute approximate surface area is 79.2 Å². The average Bonchev–Trinajstić information content (AvgIpc) is 2.17. The minimum atomic E-state index is -0.620. The number of nitrogen functional groups attached to an aromatic ring is 1. The zero-order valence-electron chi connectivity index (χ0n) is 7.43. The fourth-order valence-corrected chi connectivity index (χ4v) is 0.798. The molecule has 1 heterocycles. The highest BCUT2D eigenvalue weighted by atomic mass is 16.6. The molecule has 0 aliphatic carbocycles. The third-order valence-corrected chi connectivity index (χ3v) is 1.34. The second-order valence-electron chi connectivity index (χ2n) is 2.22. The summed E-state index contributed by atoms with van der Waals surface area (Å²) in [6, 6.07) is 0. The van der Waals surface area contributed by atoms with E-state index in [1.54, 1.807) is 6.92 Å². The molecule has 0 spiro atoms. The number of rotatable bonds is 4. The molecule has 0 aliphatic rings. The van der Waals surface area contributed by atoms with Crippen LogP contribution in [0.3, 0.4) is 0 Å². The zero-order valence-corrected chi connectivity index (χ0v) is 7.43. The van der Waals surface area contributed by atoms with Crippen molar-refractivity contribution >= 4 is 11.6 Å². The number of nitrogens with two attached hydrogens (primary N) is 1. The maximum Gasteiger partial charge on any atom is 0.349 e. The normalized spacial score (nSPS) is 9.57. The molecule has 0 unspecified atom stereocenters. The molecule has 0 saturated carbocycles. The monoisotopic (exact) mass is 199 g/mol. The summed E-state index contributed by atoms with van der Waals surface area (Å²) in [6.45, 7) is 1.98. The van der Waals surface area contributed by atoms with E-state index in [9.17, 15) is 10.1 Å². The first-order valence-corrected chi connectivity index (χ1v) is 3.80. The summed E-state index contributed by atoms with van der Waals surface area (Å²) in [4.78, 5) is 17.2. The highest BCUT2D eigenvalue weighted by molar-refractivity contribution is 5.42. The third kappa shape index (κ3) is 2.04. The van der Waals surface area contributed by atoms with Gasteiger partial charge in [0.05, 0.1) is 11.5 Å². The lowest BCUT2D eigenvalue weighted by Gasteiger charge is -2.03. The van der Waals surface area contributed by atoms with Crippen molar-refractivity contribution in [3.05, 3.63) is 16.3 Å². The van der Waals surface area contributed by atoms with Crippen molar-refractivity contribution in [3.63, 3.8) is 0 Å². The summed E-state index contributed by atoms with van der Waals surface area (Å²) in [5, 5.41) is 10.5. The van der Waals surface area contributed by atoms with E-state index >= 15 is 0 Å². The molecule has 8 nitrogen and oxygen atoms in total. The van der Waals surface area contributed by atoms with E-state index in [0.717, 1.165) is 6.20 Å².